The number of hydrogen-bond donors (Lipinski definition) is 2. The minimum atomic E-state index is -0.457. The molecule has 0 bridgehead atoms. The van der Waals surface area contributed by atoms with E-state index in [0.29, 0.717) is 11.1 Å². The second-order valence-electron chi connectivity index (χ2n) is 7.76. The molecule has 4 nitrogen and oxygen atoms in total. The lowest BCUT2D eigenvalue weighted by Crippen LogP contribution is -2.06. The molecule has 0 amide bonds. The number of fused-ring (bicyclic) bond motifs is 3. The molecule has 0 aromatic heterocycles. The van der Waals surface area contributed by atoms with Crippen LogP contribution in [0.25, 0.3) is 11.1 Å². The Balaban J connectivity index is 0.000000219. The molecule has 33 heavy (non-hydrogen) atoms. The van der Waals surface area contributed by atoms with E-state index in [1.807, 2.05) is 18.2 Å². The lowest BCUT2D eigenvalue weighted by atomic mass is 9.88. The molecule has 0 atom stereocenters. The molecule has 0 aliphatic heterocycles. The van der Waals surface area contributed by atoms with Crippen LogP contribution in [0.1, 0.15) is 43.3 Å². The van der Waals surface area contributed by atoms with Gasteiger partial charge in [-0.3, -0.25) is 9.59 Å². The predicted octanol–water partition coefficient (Wildman–Crippen LogP) is 4.88. The number of carbonyl (C=O) groups is 2. The molecule has 0 saturated carbocycles. The highest BCUT2D eigenvalue weighted by molar-refractivity contribution is 5.97. The van der Waals surface area contributed by atoms with Gasteiger partial charge in [-0.15, -0.1) is 0 Å². The minimum absolute atomic E-state index is 0.133. The molecular formula is C29H24O4. The Labute approximate surface area is 192 Å². The van der Waals surface area contributed by atoms with Gasteiger partial charge < -0.3 is 10.2 Å². The average molecular weight is 437 g/mol. The first-order valence-corrected chi connectivity index (χ1v) is 10.8. The highest BCUT2D eigenvalue weighted by atomic mass is 16.3. The maximum atomic E-state index is 11.8. The summed E-state index contributed by atoms with van der Waals surface area (Å²) >= 11 is 0. The van der Waals surface area contributed by atoms with Gasteiger partial charge in [0.05, 0.1) is 0 Å². The van der Waals surface area contributed by atoms with Crippen molar-refractivity contribution in [2.75, 3.05) is 13.2 Å². The number of benzene rings is 4. The second kappa shape index (κ2) is 10.2. The first-order chi connectivity index (χ1) is 16.1. The van der Waals surface area contributed by atoms with E-state index in [9.17, 15) is 9.59 Å². The van der Waals surface area contributed by atoms with E-state index >= 15 is 0 Å². The number of hydrogen-bond acceptors (Lipinski definition) is 4. The van der Waals surface area contributed by atoms with Crippen LogP contribution in [0.15, 0.2) is 103 Å². The predicted molar refractivity (Wildman–Crippen MR) is 129 cm³/mol. The number of aliphatic hydroxyl groups is 2. The van der Waals surface area contributed by atoms with E-state index in [1.165, 1.54) is 22.3 Å². The normalized spacial score (nSPS) is 11.7. The Morgan fingerprint density at radius 3 is 1.64 bits per heavy atom. The van der Waals surface area contributed by atoms with Crippen LogP contribution >= 0.6 is 0 Å². The van der Waals surface area contributed by atoms with Crippen LogP contribution in [0, 0.1) is 0 Å². The summed E-state index contributed by atoms with van der Waals surface area (Å²) in [5.74, 6) is -0.346. The molecule has 0 saturated heterocycles. The third-order valence-corrected chi connectivity index (χ3v) is 5.76. The Hall–Kier alpha value is -3.86. The fraction of sp³-hybridized carbons (Fsp3) is 0.103. The van der Waals surface area contributed by atoms with Gasteiger partial charge in [0.2, 0.25) is 0 Å². The highest BCUT2D eigenvalue weighted by Gasteiger charge is 2.29. The van der Waals surface area contributed by atoms with Gasteiger partial charge in [0.15, 0.2) is 11.6 Å². The van der Waals surface area contributed by atoms with Crippen molar-refractivity contribution in [2.24, 2.45) is 0 Å². The van der Waals surface area contributed by atoms with E-state index in [1.54, 1.807) is 30.3 Å². The molecule has 2 N–H and O–H groups in total. The molecule has 4 aromatic carbocycles. The lowest BCUT2D eigenvalue weighted by Gasteiger charge is -2.15. The average Bonchev–Trinajstić information content (AvgIpc) is 3.23. The van der Waals surface area contributed by atoms with Gasteiger partial charge in [0, 0.05) is 17.0 Å². The Morgan fingerprint density at radius 1 is 0.576 bits per heavy atom. The molecule has 1 aliphatic carbocycles. The fourth-order valence-electron chi connectivity index (χ4n) is 4.21. The number of carbonyl (C=O) groups excluding carboxylic acids is 2. The summed E-state index contributed by atoms with van der Waals surface area (Å²) in [6.45, 7) is -0.870. The SMILES string of the molecule is O=C(CO)c1cccc(C2c3ccccc3-c3ccccc32)c1.O=C(CO)c1ccccc1. The van der Waals surface area contributed by atoms with Crippen LogP contribution in [0.2, 0.25) is 0 Å². The molecular weight excluding hydrogens is 412 g/mol. The summed E-state index contributed by atoms with van der Waals surface area (Å²) in [4.78, 5) is 22.6. The fourth-order valence-corrected chi connectivity index (χ4v) is 4.21. The molecule has 1 aliphatic rings. The first kappa shape index (κ1) is 22.3. The topological polar surface area (TPSA) is 74.6 Å². The van der Waals surface area contributed by atoms with E-state index in [2.05, 4.69) is 54.6 Å². The number of Topliss-reactive ketones (excluding diaryl/α,β-unsaturated/α-hetero) is 2. The molecule has 0 radical (unpaired) electrons. The van der Waals surface area contributed by atoms with Crippen molar-refractivity contribution in [2.45, 2.75) is 5.92 Å². The zero-order valence-corrected chi connectivity index (χ0v) is 18.0. The Kier molecular flexibility index (Phi) is 6.89. The molecule has 0 heterocycles. The lowest BCUT2D eigenvalue weighted by molar-refractivity contribution is 0.0898. The van der Waals surface area contributed by atoms with Crippen molar-refractivity contribution in [3.63, 3.8) is 0 Å². The molecule has 164 valence electrons. The Morgan fingerprint density at radius 2 is 1.06 bits per heavy atom. The number of ketones is 2. The third-order valence-electron chi connectivity index (χ3n) is 5.76. The maximum Gasteiger partial charge on any atom is 0.188 e. The van der Waals surface area contributed by atoms with Gasteiger partial charge in [0.25, 0.3) is 0 Å². The summed E-state index contributed by atoms with van der Waals surface area (Å²) in [6, 6.07) is 33.2. The van der Waals surface area contributed by atoms with E-state index in [-0.39, 0.29) is 17.5 Å². The van der Waals surface area contributed by atoms with Crippen molar-refractivity contribution < 1.29 is 19.8 Å². The number of rotatable bonds is 5. The molecule has 4 aromatic rings. The van der Waals surface area contributed by atoms with E-state index in [4.69, 9.17) is 10.2 Å². The van der Waals surface area contributed by atoms with Crippen molar-refractivity contribution in [1.82, 2.24) is 0 Å². The molecule has 0 unspecified atom stereocenters. The van der Waals surface area contributed by atoms with Crippen LogP contribution in [-0.2, 0) is 0 Å². The summed E-state index contributed by atoms with van der Waals surface area (Å²) in [5.41, 5.74) is 7.25. The highest BCUT2D eigenvalue weighted by Crippen LogP contribution is 2.47. The smallest absolute Gasteiger partial charge is 0.188 e. The minimum Gasteiger partial charge on any atom is -0.388 e. The van der Waals surface area contributed by atoms with Crippen LogP contribution < -0.4 is 0 Å². The van der Waals surface area contributed by atoms with Gasteiger partial charge in [0.1, 0.15) is 13.2 Å². The summed E-state index contributed by atoms with van der Waals surface area (Å²) in [7, 11) is 0. The summed E-state index contributed by atoms with van der Waals surface area (Å²) in [5, 5.41) is 17.5. The zero-order chi connectivity index (χ0) is 23.2. The van der Waals surface area contributed by atoms with Gasteiger partial charge in [-0.05, 0) is 33.9 Å². The molecule has 5 rings (SSSR count). The van der Waals surface area contributed by atoms with E-state index < -0.39 is 13.2 Å². The summed E-state index contributed by atoms with van der Waals surface area (Å²) in [6.07, 6.45) is 0. The summed E-state index contributed by atoms with van der Waals surface area (Å²) < 4.78 is 0. The monoisotopic (exact) mass is 436 g/mol. The van der Waals surface area contributed by atoms with Crippen molar-refractivity contribution >= 4 is 11.6 Å². The zero-order valence-electron chi connectivity index (χ0n) is 18.0. The number of aliphatic hydroxyl groups excluding tert-OH is 2. The molecule has 0 spiro atoms. The Bertz CT molecular complexity index is 1230. The largest absolute Gasteiger partial charge is 0.388 e. The second-order valence-corrected chi connectivity index (χ2v) is 7.76. The van der Waals surface area contributed by atoms with Crippen LogP contribution in [-0.4, -0.2) is 35.0 Å². The third kappa shape index (κ3) is 4.67. The van der Waals surface area contributed by atoms with Gasteiger partial charge in [-0.1, -0.05) is 97.1 Å². The van der Waals surface area contributed by atoms with Gasteiger partial charge in [-0.2, -0.15) is 0 Å². The quantitative estimate of drug-likeness (QED) is 0.385. The van der Waals surface area contributed by atoms with Gasteiger partial charge >= 0.3 is 0 Å². The first-order valence-electron chi connectivity index (χ1n) is 10.8. The van der Waals surface area contributed by atoms with Crippen LogP contribution in [0.3, 0.4) is 0 Å². The standard InChI is InChI=1S/C21H16O2.C8H8O2/c22-13-20(23)14-6-5-7-15(12-14)21-18-10-3-1-8-16(18)17-9-2-4-11-19(17)21;9-6-8(10)7-4-2-1-3-5-7/h1-12,21-22H,13H2;1-5,9H,6H2. The van der Waals surface area contributed by atoms with Crippen LogP contribution in [0.5, 0.6) is 0 Å². The van der Waals surface area contributed by atoms with Crippen LogP contribution in [0.4, 0.5) is 0 Å². The van der Waals surface area contributed by atoms with Crippen molar-refractivity contribution in [3.8, 4) is 11.1 Å². The maximum absolute atomic E-state index is 11.8. The van der Waals surface area contributed by atoms with E-state index in [0.717, 1.165) is 5.56 Å². The van der Waals surface area contributed by atoms with Crippen molar-refractivity contribution in [3.05, 3.63) is 131 Å². The van der Waals surface area contributed by atoms with Crippen molar-refractivity contribution in [1.29, 1.82) is 0 Å². The molecule has 0 fully saturated rings. The van der Waals surface area contributed by atoms with Gasteiger partial charge in [-0.25, -0.2) is 0 Å². The molecule has 4 heteroatoms.